The smallest absolute Gasteiger partial charge is 0.255 e. The van der Waals surface area contributed by atoms with Crippen molar-refractivity contribution in [1.29, 1.82) is 0 Å². The van der Waals surface area contributed by atoms with Crippen LogP contribution in [0.25, 0.3) is 10.2 Å². The SMILES string of the molecule is CC(C)(C)c1ccc(C(=O)Nc2ccc(Cc3nc4ccccc4s3)cc2)cc1. The summed E-state index contributed by atoms with van der Waals surface area (Å²) in [5.41, 5.74) is 4.98. The first-order valence-electron chi connectivity index (χ1n) is 9.74. The Labute approximate surface area is 175 Å². The van der Waals surface area contributed by atoms with Crippen molar-refractivity contribution in [1.82, 2.24) is 4.98 Å². The van der Waals surface area contributed by atoms with Crippen molar-refractivity contribution in [2.75, 3.05) is 5.32 Å². The van der Waals surface area contributed by atoms with Gasteiger partial charge in [-0.25, -0.2) is 4.98 Å². The molecule has 0 saturated carbocycles. The molecule has 4 aromatic rings. The van der Waals surface area contributed by atoms with E-state index in [1.165, 1.54) is 15.8 Å². The lowest BCUT2D eigenvalue weighted by atomic mass is 9.87. The zero-order valence-corrected chi connectivity index (χ0v) is 17.7. The molecule has 1 N–H and O–H groups in total. The Morgan fingerprint density at radius 1 is 0.931 bits per heavy atom. The van der Waals surface area contributed by atoms with Crippen LogP contribution in [0.4, 0.5) is 5.69 Å². The van der Waals surface area contributed by atoms with E-state index in [0.29, 0.717) is 5.56 Å². The molecule has 4 rings (SSSR count). The third kappa shape index (κ3) is 4.54. The highest BCUT2D eigenvalue weighted by molar-refractivity contribution is 7.18. The fourth-order valence-corrected chi connectivity index (χ4v) is 4.20. The van der Waals surface area contributed by atoms with Crippen molar-refractivity contribution in [2.24, 2.45) is 0 Å². The van der Waals surface area contributed by atoms with Crippen molar-refractivity contribution in [3.8, 4) is 0 Å². The molecule has 3 aromatic carbocycles. The summed E-state index contributed by atoms with van der Waals surface area (Å²) in [6.45, 7) is 6.49. The number of amides is 1. The highest BCUT2D eigenvalue weighted by Gasteiger charge is 2.14. The summed E-state index contributed by atoms with van der Waals surface area (Å²) in [5.74, 6) is -0.0932. The Bertz CT molecular complexity index is 1100. The number of fused-ring (bicyclic) bond motifs is 1. The zero-order valence-electron chi connectivity index (χ0n) is 16.9. The summed E-state index contributed by atoms with van der Waals surface area (Å²) in [6, 6.07) is 24.0. The van der Waals surface area contributed by atoms with Crippen LogP contribution in [0.5, 0.6) is 0 Å². The summed E-state index contributed by atoms with van der Waals surface area (Å²) < 4.78 is 1.21. The van der Waals surface area contributed by atoms with Gasteiger partial charge in [-0.3, -0.25) is 4.79 Å². The molecule has 0 fully saturated rings. The number of hydrogen-bond acceptors (Lipinski definition) is 3. The average Bonchev–Trinajstić information content (AvgIpc) is 3.11. The standard InChI is InChI=1S/C25H24N2OS/c1-25(2,3)19-12-10-18(11-13-19)24(28)26-20-14-8-17(9-15-20)16-23-27-21-6-4-5-7-22(21)29-23/h4-15H,16H2,1-3H3,(H,26,28). The second-order valence-corrected chi connectivity index (χ2v) is 9.35. The number of para-hydroxylation sites is 1. The van der Waals surface area contributed by atoms with Crippen LogP contribution in [0.1, 0.15) is 47.3 Å². The van der Waals surface area contributed by atoms with Gasteiger partial charge in [0.25, 0.3) is 5.91 Å². The normalized spacial score (nSPS) is 11.6. The maximum absolute atomic E-state index is 12.5. The van der Waals surface area contributed by atoms with E-state index in [1.807, 2.05) is 66.7 Å². The Balaban J connectivity index is 1.41. The van der Waals surface area contributed by atoms with Gasteiger partial charge in [0.2, 0.25) is 0 Å². The number of carbonyl (C=O) groups excluding carboxylic acids is 1. The Morgan fingerprint density at radius 3 is 2.28 bits per heavy atom. The monoisotopic (exact) mass is 400 g/mol. The van der Waals surface area contributed by atoms with Crippen LogP contribution in [-0.4, -0.2) is 10.9 Å². The number of rotatable bonds is 4. The predicted octanol–water partition coefficient (Wildman–Crippen LogP) is 6.44. The van der Waals surface area contributed by atoms with Crippen LogP contribution in [-0.2, 0) is 11.8 Å². The summed E-state index contributed by atoms with van der Waals surface area (Å²) in [6.07, 6.45) is 0.793. The molecule has 0 unspecified atom stereocenters. The van der Waals surface area contributed by atoms with Gasteiger partial charge in [0.05, 0.1) is 15.2 Å². The van der Waals surface area contributed by atoms with Crippen molar-refractivity contribution in [2.45, 2.75) is 32.6 Å². The molecule has 0 spiro atoms. The van der Waals surface area contributed by atoms with Gasteiger partial charge in [-0.2, -0.15) is 0 Å². The first kappa shape index (κ1) is 19.3. The molecule has 0 atom stereocenters. The molecule has 3 nitrogen and oxygen atoms in total. The minimum absolute atomic E-state index is 0.0775. The molecule has 1 heterocycles. The van der Waals surface area contributed by atoms with Crippen LogP contribution in [0.3, 0.4) is 0 Å². The molecule has 0 radical (unpaired) electrons. The molecule has 0 bridgehead atoms. The molecule has 0 aliphatic rings. The number of benzene rings is 3. The average molecular weight is 401 g/mol. The number of aromatic nitrogens is 1. The van der Waals surface area contributed by atoms with E-state index in [9.17, 15) is 4.79 Å². The highest BCUT2D eigenvalue weighted by atomic mass is 32.1. The van der Waals surface area contributed by atoms with E-state index >= 15 is 0 Å². The van der Waals surface area contributed by atoms with E-state index in [2.05, 4.69) is 32.2 Å². The van der Waals surface area contributed by atoms with Gasteiger partial charge in [-0.15, -0.1) is 11.3 Å². The second-order valence-electron chi connectivity index (χ2n) is 8.23. The molecular weight excluding hydrogens is 376 g/mol. The second kappa shape index (κ2) is 7.80. The van der Waals surface area contributed by atoms with Crippen molar-refractivity contribution in [3.05, 3.63) is 94.5 Å². The lowest BCUT2D eigenvalue weighted by Gasteiger charge is -2.19. The molecule has 0 aliphatic heterocycles. The minimum Gasteiger partial charge on any atom is -0.322 e. The van der Waals surface area contributed by atoms with Crippen molar-refractivity contribution >= 4 is 33.1 Å². The van der Waals surface area contributed by atoms with E-state index in [1.54, 1.807) is 11.3 Å². The van der Waals surface area contributed by atoms with Gasteiger partial charge >= 0.3 is 0 Å². The van der Waals surface area contributed by atoms with Crippen LogP contribution >= 0.6 is 11.3 Å². The summed E-state index contributed by atoms with van der Waals surface area (Å²) >= 11 is 1.73. The van der Waals surface area contributed by atoms with Crippen LogP contribution in [0.2, 0.25) is 0 Å². The number of carbonyl (C=O) groups is 1. The van der Waals surface area contributed by atoms with Crippen molar-refractivity contribution < 1.29 is 4.79 Å². The number of hydrogen-bond donors (Lipinski definition) is 1. The van der Waals surface area contributed by atoms with E-state index in [0.717, 1.165) is 22.6 Å². The van der Waals surface area contributed by atoms with Crippen LogP contribution in [0.15, 0.2) is 72.8 Å². The lowest BCUT2D eigenvalue weighted by Crippen LogP contribution is -2.14. The number of nitrogens with zero attached hydrogens (tertiary/aromatic N) is 1. The molecular formula is C25H24N2OS. The van der Waals surface area contributed by atoms with Gasteiger partial charge in [0.1, 0.15) is 0 Å². The third-order valence-electron chi connectivity index (χ3n) is 4.92. The maximum Gasteiger partial charge on any atom is 0.255 e. The number of anilines is 1. The minimum atomic E-state index is -0.0932. The maximum atomic E-state index is 12.5. The summed E-state index contributed by atoms with van der Waals surface area (Å²) in [5, 5.41) is 4.08. The zero-order chi connectivity index (χ0) is 20.4. The molecule has 1 aromatic heterocycles. The molecule has 146 valence electrons. The molecule has 29 heavy (non-hydrogen) atoms. The Morgan fingerprint density at radius 2 is 1.62 bits per heavy atom. The molecule has 1 amide bonds. The first-order valence-corrected chi connectivity index (χ1v) is 10.6. The quantitative estimate of drug-likeness (QED) is 0.428. The van der Waals surface area contributed by atoms with Gasteiger partial charge < -0.3 is 5.32 Å². The fraction of sp³-hybridized carbons (Fsp3) is 0.200. The van der Waals surface area contributed by atoms with Crippen LogP contribution in [0, 0.1) is 0 Å². The van der Waals surface area contributed by atoms with Gasteiger partial charge in [-0.05, 0) is 52.9 Å². The van der Waals surface area contributed by atoms with E-state index in [-0.39, 0.29) is 11.3 Å². The van der Waals surface area contributed by atoms with Gasteiger partial charge in [-0.1, -0.05) is 57.2 Å². The van der Waals surface area contributed by atoms with Gasteiger partial charge in [0.15, 0.2) is 0 Å². The van der Waals surface area contributed by atoms with Crippen LogP contribution < -0.4 is 5.32 Å². The summed E-state index contributed by atoms with van der Waals surface area (Å²) in [4.78, 5) is 17.2. The molecule has 4 heteroatoms. The van der Waals surface area contributed by atoms with E-state index in [4.69, 9.17) is 4.98 Å². The predicted molar refractivity (Wildman–Crippen MR) is 122 cm³/mol. The molecule has 0 aliphatic carbocycles. The highest BCUT2D eigenvalue weighted by Crippen LogP contribution is 2.25. The largest absolute Gasteiger partial charge is 0.322 e. The molecule has 0 saturated heterocycles. The number of nitrogens with one attached hydrogen (secondary N) is 1. The Hall–Kier alpha value is -2.98. The third-order valence-corrected chi connectivity index (χ3v) is 5.95. The number of thiazole rings is 1. The Kier molecular flexibility index (Phi) is 5.20. The van der Waals surface area contributed by atoms with E-state index < -0.39 is 0 Å². The fourth-order valence-electron chi connectivity index (χ4n) is 3.20. The lowest BCUT2D eigenvalue weighted by molar-refractivity contribution is 0.102. The first-order chi connectivity index (χ1) is 13.9. The summed E-state index contributed by atoms with van der Waals surface area (Å²) in [7, 11) is 0. The van der Waals surface area contributed by atoms with Crippen molar-refractivity contribution in [3.63, 3.8) is 0 Å². The topological polar surface area (TPSA) is 42.0 Å². The van der Waals surface area contributed by atoms with Gasteiger partial charge in [0, 0.05) is 17.7 Å².